The van der Waals surface area contributed by atoms with E-state index in [0.29, 0.717) is 6.04 Å². The minimum absolute atomic E-state index is 0.0607. The molecular weight excluding hydrogens is 319 g/mol. The average molecular weight is 343 g/mol. The molecule has 22 heavy (non-hydrogen) atoms. The van der Waals surface area contributed by atoms with Crippen LogP contribution in [0.5, 0.6) is 0 Å². The highest BCUT2D eigenvalue weighted by atomic mass is 35.5. The summed E-state index contributed by atoms with van der Waals surface area (Å²) in [6.45, 7) is 0. The van der Waals surface area contributed by atoms with Gasteiger partial charge in [-0.3, -0.25) is 4.79 Å². The summed E-state index contributed by atoms with van der Waals surface area (Å²) >= 11 is 11.9. The lowest BCUT2D eigenvalue weighted by Crippen LogP contribution is -2.49. The standard InChI is InChI=1S/C17H24Cl2N2O/c1-20(2)15-9-6-10-16(15)21(14-7-4-3-5-8-14)17(22)11-13(19)12-18/h3-5,7-8,13,15-16H,6,9-12H2,1-2H3. The molecule has 0 spiro atoms. The first-order chi connectivity index (χ1) is 10.5. The highest BCUT2D eigenvalue weighted by molar-refractivity contribution is 6.29. The predicted octanol–water partition coefficient (Wildman–Crippen LogP) is 3.74. The molecule has 1 saturated carbocycles. The van der Waals surface area contributed by atoms with Crippen molar-refractivity contribution in [2.75, 3.05) is 24.9 Å². The fraction of sp³-hybridized carbons (Fsp3) is 0.588. The van der Waals surface area contributed by atoms with Crippen LogP contribution >= 0.6 is 23.2 Å². The SMILES string of the molecule is CN(C)C1CCCC1N(C(=O)CC(Cl)CCl)c1ccccc1. The van der Waals surface area contributed by atoms with E-state index in [0.717, 1.165) is 24.9 Å². The highest BCUT2D eigenvalue weighted by Crippen LogP contribution is 2.31. The summed E-state index contributed by atoms with van der Waals surface area (Å²) in [5, 5.41) is -0.320. The zero-order chi connectivity index (χ0) is 16.1. The van der Waals surface area contributed by atoms with E-state index >= 15 is 0 Å². The van der Waals surface area contributed by atoms with Crippen molar-refractivity contribution in [2.24, 2.45) is 0 Å². The molecular formula is C17H24Cl2N2O. The molecule has 3 unspecified atom stereocenters. The molecule has 122 valence electrons. The third-order valence-electron chi connectivity index (χ3n) is 4.31. The van der Waals surface area contributed by atoms with Crippen molar-refractivity contribution in [1.29, 1.82) is 0 Å². The van der Waals surface area contributed by atoms with Gasteiger partial charge >= 0.3 is 0 Å². The maximum Gasteiger partial charge on any atom is 0.228 e. The van der Waals surface area contributed by atoms with Gasteiger partial charge in [-0.25, -0.2) is 0 Å². The van der Waals surface area contributed by atoms with Crippen LogP contribution in [0.2, 0.25) is 0 Å². The minimum atomic E-state index is -0.320. The van der Waals surface area contributed by atoms with Crippen molar-refractivity contribution >= 4 is 34.8 Å². The molecule has 0 aromatic heterocycles. The number of para-hydroxylation sites is 1. The summed E-state index contributed by atoms with van der Waals surface area (Å²) < 4.78 is 0. The van der Waals surface area contributed by atoms with Gasteiger partial charge in [0.05, 0.1) is 11.4 Å². The van der Waals surface area contributed by atoms with Crippen LogP contribution in [0.25, 0.3) is 0 Å². The lowest BCUT2D eigenvalue weighted by atomic mass is 10.1. The first-order valence-electron chi connectivity index (χ1n) is 7.78. The van der Waals surface area contributed by atoms with Gasteiger partial charge in [-0.15, -0.1) is 23.2 Å². The van der Waals surface area contributed by atoms with E-state index in [1.807, 2.05) is 35.2 Å². The molecule has 3 atom stereocenters. The summed E-state index contributed by atoms with van der Waals surface area (Å²) in [5.41, 5.74) is 0.949. The lowest BCUT2D eigenvalue weighted by molar-refractivity contribution is -0.119. The van der Waals surface area contributed by atoms with Gasteiger partial charge in [0.15, 0.2) is 0 Å². The Morgan fingerprint density at radius 3 is 2.45 bits per heavy atom. The number of carbonyl (C=O) groups excluding carboxylic acids is 1. The van der Waals surface area contributed by atoms with Gasteiger partial charge in [0.2, 0.25) is 5.91 Å². The van der Waals surface area contributed by atoms with Gasteiger partial charge in [0, 0.05) is 24.0 Å². The van der Waals surface area contributed by atoms with Crippen molar-refractivity contribution in [2.45, 2.75) is 43.1 Å². The van der Waals surface area contributed by atoms with Crippen LogP contribution in [0.4, 0.5) is 5.69 Å². The second kappa shape index (κ2) is 8.19. The molecule has 1 fully saturated rings. The third-order valence-corrected chi connectivity index (χ3v) is 5.14. The largest absolute Gasteiger partial charge is 0.308 e. The van der Waals surface area contributed by atoms with Gasteiger partial charge in [0.25, 0.3) is 0 Å². The fourth-order valence-electron chi connectivity index (χ4n) is 3.28. The highest BCUT2D eigenvalue weighted by Gasteiger charge is 2.36. The third kappa shape index (κ3) is 4.15. The maximum absolute atomic E-state index is 12.8. The molecule has 1 aliphatic carbocycles. The quantitative estimate of drug-likeness (QED) is 0.735. The van der Waals surface area contributed by atoms with Gasteiger partial charge in [0.1, 0.15) is 0 Å². The Balaban J connectivity index is 2.27. The van der Waals surface area contributed by atoms with Crippen molar-refractivity contribution in [3.8, 4) is 0 Å². The van der Waals surface area contributed by atoms with Crippen LogP contribution in [0.3, 0.4) is 0 Å². The van der Waals surface area contributed by atoms with Gasteiger partial charge < -0.3 is 9.80 Å². The zero-order valence-corrected chi connectivity index (χ0v) is 14.7. The Labute approximate surface area is 143 Å². The number of amides is 1. The Morgan fingerprint density at radius 1 is 1.23 bits per heavy atom. The van der Waals surface area contributed by atoms with Crippen LogP contribution < -0.4 is 4.90 Å². The second-order valence-electron chi connectivity index (χ2n) is 6.08. The van der Waals surface area contributed by atoms with Crippen LogP contribution in [-0.2, 0) is 4.79 Å². The number of hydrogen-bond donors (Lipinski definition) is 0. The molecule has 1 aromatic carbocycles. The molecule has 0 N–H and O–H groups in total. The average Bonchev–Trinajstić information content (AvgIpc) is 2.97. The topological polar surface area (TPSA) is 23.6 Å². The smallest absolute Gasteiger partial charge is 0.228 e. The van der Waals surface area contributed by atoms with Crippen LogP contribution in [0.15, 0.2) is 30.3 Å². The van der Waals surface area contributed by atoms with Gasteiger partial charge in [-0.2, -0.15) is 0 Å². The van der Waals surface area contributed by atoms with E-state index in [-0.39, 0.29) is 29.6 Å². The number of nitrogens with zero attached hydrogens (tertiary/aromatic N) is 2. The van der Waals surface area contributed by atoms with E-state index < -0.39 is 0 Å². The van der Waals surface area contributed by atoms with E-state index in [2.05, 4.69) is 19.0 Å². The molecule has 0 aliphatic heterocycles. The number of anilines is 1. The maximum atomic E-state index is 12.8. The van der Waals surface area contributed by atoms with Crippen LogP contribution in [0, 0.1) is 0 Å². The van der Waals surface area contributed by atoms with E-state index in [4.69, 9.17) is 23.2 Å². The van der Waals surface area contributed by atoms with Crippen LogP contribution in [-0.4, -0.2) is 48.2 Å². The zero-order valence-electron chi connectivity index (χ0n) is 13.2. The molecule has 1 amide bonds. The first kappa shape index (κ1) is 17.6. The molecule has 2 rings (SSSR count). The summed E-state index contributed by atoms with van der Waals surface area (Å²) in [5.74, 6) is 0.350. The Hall–Kier alpha value is -0.770. The van der Waals surface area contributed by atoms with Crippen LogP contribution in [0.1, 0.15) is 25.7 Å². The fourth-order valence-corrected chi connectivity index (χ4v) is 3.52. The molecule has 1 aliphatic rings. The summed E-state index contributed by atoms with van der Waals surface area (Å²) in [6.07, 6.45) is 3.56. The molecule has 0 bridgehead atoms. The lowest BCUT2D eigenvalue weighted by Gasteiger charge is -2.36. The van der Waals surface area contributed by atoms with E-state index in [1.165, 1.54) is 0 Å². The summed E-state index contributed by atoms with van der Waals surface area (Å²) in [4.78, 5) is 17.0. The molecule has 1 aromatic rings. The number of likely N-dealkylation sites (N-methyl/N-ethyl adjacent to an activating group) is 1. The number of alkyl halides is 2. The van der Waals surface area contributed by atoms with Gasteiger partial charge in [-0.05, 0) is 45.5 Å². The van der Waals surface area contributed by atoms with Gasteiger partial charge in [-0.1, -0.05) is 18.2 Å². The molecule has 5 heteroatoms. The monoisotopic (exact) mass is 342 g/mol. The first-order valence-corrected chi connectivity index (χ1v) is 8.75. The van der Waals surface area contributed by atoms with E-state index in [9.17, 15) is 4.79 Å². The Bertz CT molecular complexity index is 481. The molecule has 3 nitrogen and oxygen atoms in total. The van der Waals surface area contributed by atoms with Crippen molar-refractivity contribution in [1.82, 2.24) is 4.90 Å². The summed E-state index contributed by atoms with van der Waals surface area (Å²) in [6, 6.07) is 10.5. The predicted molar refractivity (Wildman–Crippen MR) is 94.0 cm³/mol. The minimum Gasteiger partial charge on any atom is -0.308 e. The van der Waals surface area contributed by atoms with Crippen molar-refractivity contribution in [3.05, 3.63) is 30.3 Å². The van der Waals surface area contributed by atoms with E-state index in [1.54, 1.807) is 0 Å². The number of benzene rings is 1. The molecule has 0 saturated heterocycles. The Kier molecular flexibility index (Phi) is 6.54. The molecule has 0 radical (unpaired) electrons. The number of halogens is 2. The number of rotatable bonds is 6. The van der Waals surface area contributed by atoms with Crippen molar-refractivity contribution in [3.63, 3.8) is 0 Å². The number of hydrogen-bond acceptors (Lipinski definition) is 2. The Morgan fingerprint density at radius 2 is 1.86 bits per heavy atom. The van der Waals surface area contributed by atoms with Crippen molar-refractivity contribution < 1.29 is 4.79 Å². The molecule has 0 heterocycles. The second-order valence-corrected chi connectivity index (χ2v) is 7.01. The normalized spacial score (nSPS) is 22.8. The number of carbonyl (C=O) groups is 1. The summed E-state index contributed by atoms with van der Waals surface area (Å²) in [7, 11) is 4.17.